The summed E-state index contributed by atoms with van der Waals surface area (Å²) in [5.41, 5.74) is 6.61. The second-order valence-electron chi connectivity index (χ2n) is 4.62. The van der Waals surface area contributed by atoms with Crippen LogP contribution in [0.3, 0.4) is 0 Å². The summed E-state index contributed by atoms with van der Waals surface area (Å²) in [5.74, 6) is -0.441. The first-order valence-corrected chi connectivity index (χ1v) is 6.70. The zero-order valence-electron chi connectivity index (χ0n) is 11.2. The number of hydrogen-bond donors (Lipinski definition) is 2. The third kappa shape index (κ3) is 4.55. The van der Waals surface area contributed by atoms with Gasteiger partial charge in [0, 0.05) is 23.2 Å². The fraction of sp³-hybridized carbons (Fsp3) is 0.385. The van der Waals surface area contributed by atoms with Crippen LogP contribution in [0.4, 0.5) is 5.69 Å². The van der Waals surface area contributed by atoms with Gasteiger partial charge < -0.3 is 16.0 Å². The highest BCUT2D eigenvalue weighted by molar-refractivity contribution is 9.10. The lowest BCUT2D eigenvalue weighted by Crippen LogP contribution is -2.40. The van der Waals surface area contributed by atoms with Crippen LogP contribution in [0.1, 0.15) is 24.2 Å². The fourth-order valence-electron chi connectivity index (χ4n) is 1.57. The third-order valence-electron chi connectivity index (χ3n) is 2.40. The number of rotatable bonds is 4. The minimum atomic E-state index is -0.252. The molecule has 2 amide bonds. The average molecular weight is 328 g/mol. The van der Waals surface area contributed by atoms with Crippen molar-refractivity contribution in [3.63, 3.8) is 0 Å². The highest BCUT2D eigenvalue weighted by Crippen LogP contribution is 2.20. The molecular weight excluding hydrogens is 310 g/mol. The van der Waals surface area contributed by atoms with Crippen molar-refractivity contribution in [2.45, 2.75) is 19.9 Å². The topological polar surface area (TPSA) is 75.4 Å². The minimum absolute atomic E-state index is 0.0122. The summed E-state index contributed by atoms with van der Waals surface area (Å²) in [6.45, 7) is 3.75. The molecule has 1 rings (SSSR count). The Balaban J connectivity index is 2.77. The Morgan fingerprint density at radius 3 is 2.63 bits per heavy atom. The molecule has 0 bridgehead atoms. The van der Waals surface area contributed by atoms with E-state index in [0.29, 0.717) is 15.7 Å². The maximum atomic E-state index is 12.2. The number of nitrogens with two attached hydrogens (primary N) is 1. The molecule has 0 aliphatic rings. The summed E-state index contributed by atoms with van der Waals surface area (Å²) >= 11 is 3.30. The zero-order valence-corrected chi connectivity index (χ0v) is 12.8. The molecular formula is C13H18BrN3O2. The van der Waals surface area contributed by atoms with E-state index in [9.17, 15) is 9.59 Å². The van der Waals surface area contributed by atoms with Gasteiger partial charge in [0.2, 0.25) is 5.91 Å². The predicted molar refractivity (Wildman–Crippen MR) is 78.8 cm³/mol. The quantitative estimate of drug-likeness (QED) is 0.825. The van der Waals surface area contributed by atoms with Gasteiger partial charge in [-0.25, -0.2) is 0 Å². The number of amides is 2. The van der Waals surface area contributed by atoms with Crippen molar-refractivity contribution in [3.8, 4) is 0 Å². The van der Waals surface area contributed by atoms with Crippen LogP contribution in [0.2, 0.25) is 0 Å². The summed E-state index contributed by atoms with van der Waals surface area (Å²) in [6.07, 6.45) is 0. The molecule has 0 heterocycles. The number of carbonyl (C=O) groups excluding carboxylic acids is 2. The summed E-state index contributed by atoms with van der Waals surface area (Å²) in [5, 5.41) is 2.74. The summed E-state index contributed by atoms with van der Waals surface area (Å²) in [6, 6.07) is 5.05. The maximum Gasteiger partial charge on any atom is 0.255 e. The molecule has 0 saturated carbocycles. The van der Waals surface area contributed by atoms with E-state index in [-0.39, 0.29) is 24.4 Å². The second kappa shape index (κ2) is 6.56. The van der Waals surface area contributed by atoms with Crippen molar-refractivity contribution in [1.29, 1.82) is 0 Å². The van der Waals surface area contributed by atoms with E-state index in [1.165, 1.54) is 4.90 Å². The number of benzene rings is 1. The molecule has 0 atom stereocenters. The van der Waals surface area contributed by atoms with Crippen LogP contribution in [-0.4, -0.2) is 36.3 Å². The molecule has 0 radical (unpaired) electrons. The molecule has 1 aromatic rings. The van der Waals surface area contributed by atoms with Gasteiger partial charge in [-0.1, -0.05) is 0 Å². The first-order chi connectivity index (χ1) is 8.81. The molecule has 0 aliphatic heterocycles. The molecule has 0 aliphatic carbocycles. The highest BCUT2D eigenvalue weighted by Gasteiger charge is 2.17. The Hall–Kier alpha value is -1.56. The van der Waals surface area contributed by atoms with E-state index >= 15 is 0 Å². The van der Waals surface area contributed by atoms with Gasteiger partial charge in [0.25, 0.3) is 5.91 Å². The number of nitrogens with one attached hydrogen (secondary N) is 1. The average Bonchev–Trinajstić information content (AvgIpc) is 2.30. The first-order valence-electron chi connectivity index (χ1n) is 5.91. The van der Waals surface area contributed by atoms with Crippen LogP contribution in [0.25, 0.3) is 0 Å². The summed E-state index contributed by atoms with van der Waals surface area (Å²) < 4.78 is 0.655. The van der Waals surface area contributed by atoms with Gasteiger partial charge in [-0.05, 0) is 48.0 Å². The first kappa shape index (κ1) is 15.5. The molecule has 0 saturated heterocycles. The predicted octanol–water partition coefficient (Wildman–Crippen LogP) is 1.63. The molecule has 3 N–H and O–H groups in total. The number of hydrogen-bond acceptors (Lipinski definition) is 3. The van der Waals surface area contributed by atoms with Crippen LogP contribution in [0.5, 0.6) is 0 Å². The van der Waals surface area contributed by atoms with Crippen molar-refractivity contribution in [2.75, 3.05) is 19.3 Å². The van der Waals surface area contributed by atoms with Gasteiger partial charge >= 0.3 is 0 Å². The molecule has 5 nitrogen and oxygen atoms in total. The van der Waals surface area contributed by atoms with Gasteiger partial charge in [0.05, 0.1) is 12.1 Å². The van der Waals surface area contributed by atoms with E-state index in [2.05, 4.69) is 21.2 Å². The highest BCUT2D eigenvalue weighted by atomic mass is 79.9. The van der Waals surface area contributed by atoms with E-state index in [0.717, 1.165) is 0 Å². The fourth-order valence-corrected chi connectivity index (χ4v) is 1.98. The zero-order chi connectivity index (χ0) is 14.6. The van der Waals surface area contributed by atoms with Crippen LogP contribution in [-0.2, 0) is 4.79 Å². The Bertz CT molecular complexity index is 489. The van der Waals surface area contributed by atoms with Crippen molar-refractivity contribution < 1.29 is 9.59 Å². The number of carbonyl (C=O) groups is 2. The maximum absolute atomic E-state index is 12.2. The van der Waals surface area contributed by atoms with Gasteiger partial charge in [-0.3, -0.25) is 9.59 Å². The van der Waals surface area contributed by atoms with Crippen molar-refractivity contribution in [2.24, 2.45) is 0 Å². The smallest absolute Gasteiger partial charge is 0.255 e. The Morgan fingerprint density at radius 2 is 2.05 bits per heavy atom. The largest absolute Gasteiger partial charge is 0.399 e. The second-order valence-corrected chi connectivity index (χ2v) is 5.48. The van der Waals surface area contributed by atoms with Crippen LogP contribution in [0, 0.1) is 0 Å². The molecule has 0 spiro atoms. The lowest BCUT2D eigenvalue weighted by Gasteiger charge is -2.18. The third-order valence-corrected chi connectivity index (χ3v) is 3.09. The molecule has 104 valence electrons. The minimum Gasteiger partial charge on any atom is -0.399 e. The van der Waals surface area contributed by atoms with E-state index < -0.39 is 0 Å². The van der Waals surface area contributed by atoms with Gasteiger partial charge in [-0.15, -0.1) is 0 Å². The van der Waals surface area contributed by atoms with E-state index in [1.54, 1.807) is 25.2 Å². The van der Waals surface area contributed by atoms with Crippen LogP contribution in [0.15, 0.2) is 22.7 Å². The number of nitrogens with zero attached hydrogens (tertiary/aromatic N) is 1. The Morgan fingerprint density at radius 1 is 1.42 bits per heavy atom. The van der Waals surface area contributed by atoms with Gasteiger partial charge in [0.15, 0.2) is 0 Å². The molecule has 0 unspecified atom stereocenters. The lowest BCUT2D eigenvalue weighted by molar-refractivity contribution is -0.122. The Kier molecular flexibility index (Phi) is 5.35. The monoisotopic (exact) mass is 327 g/mol. The standard InChI is InChI=1S/C13H18BrN3O2/c1-8(2)16-12(18)7-17(3)13(19)10-6-9(15)4-5-11(10)14/h4-6,8H,7,15H2,1-3H3,(H,16,18). The lowest BCUT2D eigenvalue weighted by atomic mass is 10.2. The van der Waals surface area contributed by atoms with Gasteiger partial charge in [0.1, 0.15) is 0 Å². The van der Waals surface area contributed by atoms with E-state index in [1.807, 2.05) is 13.8 Å². The SMILES string of the molecule is CC(C)NC(=O)CN(C)C(=O)c1cc(N)ccc1Br. The number of halogens is 1. The van der Waals surface area contributed by atoms with Crippen molar-refractivity contribution in [1.82, 2.24) is 10.2 Å². The van der Waals surface area contributed by atoms with E-state index in [4.69, 9.17) is 5.73 Å². The molecule has 0 aromatic heterocycles. The van der Waals surface area contributed by atoms with Crippen molar-refractivity contribution >= 4 is 33.4 Å². The Labute approximate surface area is 121 Å². The molecule has 1 aromatic carbocycles. The summed E-state index contributed by atoms with van der Waals surface area (Å²) in [7, 11) is 1.58. The van der Waals surface area contributed by atoms with Gasteiger partial charge in [-0.2, -0.15) is 0 Å². The van der Waals surface area contributed by atoms with Crippen LogP contribution < -0.4 is 11.1 Å². The number of nitrogen functional groups attached to an aromatic ring is 1. The normalized spacial score (nSPS) is 10.4. The van der Waals surface area contributed by atoms with Crippen LogP contribution >= 0.6 is 15.9 Å². The van der Waals surface area contributed by atoms with Crippen molar-refractivity contribution in [3.05, 3.63) is 28.2 Å². The molecule has 19 heavy (non-hydrogen) atoms. The number of anilines is 1. The number of likely N-dealkylation sites (N-methyl/N-ethyl adjacent to an activating group) is 1. The molecule has 0 fully saturated rings. The molecule has 6 heteroatoms. The summed E-state index contributed by atoms with van der Waals surface area (Å²) in [4.78, 5) is 25.2.